The molecule has 1 heterocycles. The van der Waals surface area contributed by atoms with Gasteiger partial charge in [-0.2, -0.15) is 0 Å². The topological polar surface area (TPSA) is 80.3 Å². The van der Waals surface area contributed by atoms with Crippen molar-refractivity contribution >= 4 is 23.4 Å². The van der Waals surface area contributed by atoms with Crippen molar-refractivity contribution in [3.8, 4) is 5.75 Å². The molecule has 2 rings (SSSR count). The number of hydrogen-bond donors (Lipinski definition) is 2. The normalized spacial score (nSPS) is 9.76. The van der Waals surface area contributed by atoms with Crippen LogP contribution in [0.3, 0.4) is 0 Å². The van der Waals surface area contributed by atoms with E-state index < -0.39 is 11.8 Å². The Balaban J connectivity index is 1.76. The van der Waals surface area contributed by atoms with E-state index in [1.54, 1.807) is 42.6 Å². The Hall–Kier alpha value is -2.60. The van der Waals surface area contributed by atoms with Crippen LogP contribution in [0.2, 0.25) is 5.02 Å². The molecule has 1 aromatic carbocycles. The number of carbonyl (C=O) groups excluding carboxylic acids is 2. The van der Waals surface area contributed by atoms with Crippen LogP contribution in [-0.2, 0) is 4.79 Å². The van der Waals surface area contributed by atoms with Crippen molar-refractivity contribution in [3.63, 3.8) is 0 Å². The molecule has 21 heavy (non-hydrogen) atoms. The highest BCUT2D eigenvalue weighted by molar-refractivity contribution is 6.30. The monoisotopic (exact) mass is 305 g/mol. The highest BCUT2D eigenvalue weighted by Crippen LogP contribution is 2.16. The van der Waals surface area contributed by atoms with Gasteiger partial charge in [-0.05, 0) is 30.3 Å². The fourth-order valence-corrected chi connectivity index (χ4v) is 1.62. The summed E-state index contributed by atoms with van der Waals surface area (Å²) in [6, 6.07) is 9.87. The fraction of sp³-hybridized carbons (Fsp3) is 0.0714. The van der Waals surface area contributed by atoms with Crippen LogP contribution in [0, 0.1) is 0 Å². The summed E-state index contributed by atoms with van der Waals surface area (Å²) in [4.78, 5) is 27.0. The van der Waals surface area contributed by atoms with Crippen molar-refractivity contribution in [2.75, 3.05) is 6.61 Å². The number of amides is 2. The van der Waals surface area contributed by atoms with Crippen molar-refractivity contribution in [1.82, 2.24) is 15.8 Å². The highest BCUT2D eigenvalue weighted by Gasteiger charge is 2.07. The molecule has 2 amide bonds. The number of hydrazine groups is 1. The lowest BCUT2D eigenvalue weighted by molar-refractivity contribution is -0.123. The molecule has 1 aromatic heterocycles. The van der Waals surface area contributed by atoms with E-state index >= 15 is 0 Å². The summed E-state index contributed by atoms with van der Waals surface area (Å²) in [5, 5.41) is 0.512. The van der Waals surface area contributed by atoms with Crippen LogP contribution in [0.1, 0.15) is 10.4 Å². The zero-order chi connectivity index (χ0) is 15.1. The molecule has 108 valence electrons. The highest BCUT2D eigenvalue weighted by atomic mass is 35.5. The molecule has 0 saturated heterocycles. The molecule has 2 aromatic rings. The Bertz CT molecular complexity index is 634. The van der Waals surface area contributed by atoms with E-state index in [4.69, 9.17) is 16.3 Å². The largest absolute Gasteiger partial charge is 0.484 e. The number of aromatic nitrogens is 1. The van der Waals surface area contributed by atoms with Crippen LogP contribution >= 0.6 is 11.6 Å². The van der Waals surface area contributed by atoms with Crippen molar-refractivity contribution in [2.24, 2.45) is 0 Å². The minimum absolute atomic E-state index is 0.242. The third-order valence-corrected chi connectivity index (χ3v) is 2.64. The minimum atomic E-state index is -0.493. The summed E-state index contributed by atoms with van der Waals surface area (Å²) < 4.78 is 5.23. The van der Waals surface area contributed by atoms with Gasteiger partial charge in [0.25, 0.3) is 11.8 Å². The molecule has 7 heteroatoms. The maximum Gasteiger partial charge on any atom is 0.276 e. The van der Waals surface area contributed by atoms with Crippen LogP contribution in [0.4, 0.5) is 0 Å². The molecular formula is C14H12ClN3O3. The van der Waals surface area contributed by atoms with Crippen molar-refractivity contribution in [1.29, 1.82) is 0 Å². The molecule has 0 aliphatic rings. The molecule has 0 bridgehead atoms. The first kappa shape index (κ1) is 14.8. The molecule has 2 N–H and O–H groups in total. The van der Waals surface area contributed by atoms with E-state index in [2.05, 4.69) is 15.8 Å². The molecule has 0 radical (unpaired) electrons. The van der Waals surface area contributed by atoms with Crippen molar-refractivity contribution in [3.05, 3.63) is 59.4 Å². The molecule has 0 saturated carbocycles. The van der Waals surface area contributed by atoms with Gasteiger partial charge in [0.05, 0.1) is 5.56 Å². The summed E-state index contributed by atoms with van der Waals surface area (Å²) in [5.74, 6) is -0.484. The quantitative estimate of drug-likeness (QED) is 0.840. The van der Waals surface area contributed by atoms with Crippen molar-refractivity contribution in [2.45, 2.75) is 0 Å². The van der Waals surface area contributed by atoms with Crippen LogP contribution in [0.25, 0.3) is 0 Å². The zero-order valence-electron chi connectivity index (χ0n) is 10.9. The number of pyridine rings is 1. The lowest BCUT2D eigenvalue weighted by Crippen LogP contribution is -2.43. The van der Waals surface area contributed by atoms with E-state index in [0.29, 0.717) is 16.3 Å². The van der Waals surface area contributed by atoms with Gasteiger partial charge in [-0.25, -0.2) is 0 Å². The van der Waals surface area contributed by atoms with Crippen molar-refractivity contribution < 1.29 is 14.3 Å². The molecule has 0 atom stereocenters. The van der Waals surface area contributed by atoms with E-state index in [1.807, 2.05) is 0 Å². The van der Waals surface area contributed by atoms with Gasteiger partial charge >= 0.3 is 0 Å². The summed E-state index contributed by atoms with van der Waals surface area (Å²) in [7, 11) is 0. The number of nitrogens with zero attached hydrogens (tertiary/aromatic N) is 1. The third kappa shape index (κ3) is 4.77. The maximum absolute atomic E-state index is 11.6. The number of carbonyl (C=O) groups is 2. The number of rotatable bonds is 4. The van der Waals surface area contributed by atoms with Crippen LogP contribution < -0.4 is 15.6 Å². The van der Waals surface area contributed by atoms with Crippen LogP contribution in [0.5, 0.6) is 5.75 Å². The standard InChI is InChI=1S/C14H12ClN3O3/c15-11-4-1-5-12(7-11)21-9-13(19)17-18-14(20)10-3-2-6-16-8-10/h1-8H,9H2,(H,17,19)(H,18,20). The molecule has 0 spiro atoms. The van der Waals surface area contributed by atoms with Gasteiger partial charge < -0.3 is 4.74 Å². The second kappa shape index (κ2) is 7.25. The average Bonchev–Trinajstić information content (AvgIpc) is 2.51. The Labute approximate surface area is 126 Å². The number of ether oxygens (including phenoxy) is 1. The summed E-state index contributed by atoms with van der Waals surface area (Å²) in [6.07, 6.45) is 2.94. The number of nitrogens with one attached hydrogen (secondary N) is 2. The fourth-order valence-electron chi connectivity index (χ4n) is 1.44. The number of hydrogen-bond acceptors (Lipinski definition) is 4. The van der Waals surface area contributed by atoms with Gasteiger partial charge in [-0.3, -0.25) is 25.4 Å². The Morgan fingerprint density at radius 3 is 2.76 bits per heavy atom. The van der Waals surface area contributed by atoms with Gasteiger partial charge in [0, 0.05) is 17.4 Å². The predicted molar refractivity (Wildman–Crippen MR) is 76.8 cm³/mol. The van der Waals surface area contributed by atoms with Gasteiger partial charge in [0.2, 0.25) is 0 Å². The lowest BCUT2D eigenvalue weighted by atomic mass is 10.3. The molecule has 0 aliphatic carbocycles. The smallest absolute Gasteiger partial charge is 0.276 e. The number of benzene rings is 1. The molecule has 6 nitrogen and oxygen atoms in total. The van der Waals surface area contributed by atoms with E-state index in [-0.39, 0.29) is 6.61 Å². The van der Waals surface area contributed by atoms with Crippen LogP contribution in [0.15, 0.2) is 48.8 Å². The average molecular weight is 306 g/mol. The first-order valence-electron chi connectivity index (χ1n) is 6.03. The number of halogens is 1. The van der Waals surface area contributed by atoms with Crippen LogP contribution in [-0.4, -0.2) is 23.4 Å². The van der Waals surface area contributed by atoms with Gasteiger partial charge in [0.15, 0.2) is 6.61 Å². The van der Waals surface area contributed by atoms with E-state index in [9.17, 15) is 9.59 Å². The molecule has 0 aliphatic heterocycles. The molecular weight excluding hydrogens is 294 g/mol. The summed E-state index contributed by atoms with van der Waals surface area (Å²) >= 11 is 5.79. The maximum atomic E-state index is 11.6. The van der Waals surface area contributed by atoms with Gasteiger partial charge in [-0.1, -0.05) is 17.7 Å². The lowest BCUT2D eigenvalue weighted by Gasteiger charge is -2.08. The van der Waals surface area contributed by atoms with Gasteiger partial charge in [-0.15, -0.1) is 0 Å². The molecule has 0 fully saturated rings. The van der Waals surface area contributed by atoms with Gasteiger partial charge in [0.1, 0.15) is 5.75 Å². The van der Waals surface area contributed by atoms with E-state index in [0.717, 1.165) is 0 Å². The summed E-state index contributed by atoms with van der Waals surface area (Å²) in [6.45, 7) is -0.242. The predicted octanol–water partition coefficient (Wildman–Crippen LogP) is 1.57. The zero-order valence-corrected chi connectivity index (χ0v) is 11.6. The Morgan fingerprint density at radius 2 is 2.05 bits per heavy atom. The third-order valence-electron chi connectivity index (χ3n) is 2.41. The second-order valence-electron chi connectivity index (χ2n) is 3.99. The Kier molecular flexibility index (Phi) is 5.11. The minimum Gasteiger partial charge on any atom is -0.484 e. The SMILES string of the molecule is O=C(COc1cccc(Cl)c1)NNC(=O)c1cccnc1. The molecule has 0 unspecified atom stereocenters. The Morgan fingerprint density at radius 1 is 1.19 bits per heavy atom. The second-order valence-corrected chi connectivity index (χ2v) is 4.43. The first-order chi connectivity index (χ1) is 10.1. The van der Waals surface area contributed by atoms with E-state index in [1.165, 1.54) is 6.20 Å². The first-order valence-corrected chi connectivity index (χ1v) is 6.40. The summed E-state index contributed by atoms with van der Waals surface area (Å²) in [5.41, 5.74) is 4.84.